The Morgan fingerprint density at radius 3 is 2.29 bits per heavy atom. The molecule has 0 bridgehead atoms. The normalized spacial score (nSPS) is 10.3. The van der Waals surface area contributed by atoms with Crippen LogP contribution in [-0.2, 0) is 0 Å². The molecule has 0 spiro atoms. The standard InChI is InChI=1S/C11H11F3N6O/c1-2-21-11-18-9(17-10(19-11)20-15)16-8-6(13)3-5(12)4-7(8)14/h3-4H,2,15H2,1H3,(H2,16,17,18,19,20). The van der Waals surface area contributed by atoms with E-state index in [0.29, 0.717) is 12.1 Å². The van der Waals surface area contributed by atoms with Gasteiger partial charge < -0.3 is 10.1 Å². The summed E-state index contributed by atoms with van der Waals surface area (Å²) in [5.41, 5.74) is 1.56. The van der Waals surface area contributed by atoms with Crippen LogP contribution >= 0.6 is 0 Å². The van der Waals surface area contributed by atoms with Crippen molar-refractivity contribution in [1.29, 1.82) is 0 Å². The lowest BCUT2D eigenvalue weighted by molar-refractivity contribution is 0.312. The maximum atomic E-state index is 13.5. The molecule has 7 nitrogen and oxygen atoms in total. The minimum absolute atomic E-state index is 0.0705. The van der Waals surface area contributed by atoms with Gasteiger partial charge in [0.15, 0.2) is 11.6 Å². The van der Waals surface area contributed by atoms with Crippen LogP contribution in [0.15, 0.2) is 12.1 Å². The molecule has 0 fully saturated rings. The Morgan fingerprint density at radius 2 is 1.71 bits per heavy atom. The van der Waals surface area contributed by atoms with Gasteiger partial charge in [-0.3, -0.25) is 5.43 Å². The highest BCUT2D eigenvalue weighted by molar-refractivity contribution is 5.56. The van der Waals surface area contributed by atoms with E-state index in [1.54, 1.807) is 6.92 Å². The molecule has 2 aromatic rings. The summed E-state index contributed by atoms with van der Waals surface area (Å²) in [7, 11) is 0. The van der Waals surface area contributed by atoms with Crippen molar-refractivity contribution in [1.82, 2.24) is 15.0 Å². The summed E-state index contributed by atoms with van der Waals surface area (Å²) in [4.78, 5) is 11.3. The van der Waals surface area contributed by atoms with E-state index in [-0.39, 0.29) is 24.5 Å². The van der Waals surface area contributed by atoms with E-state index in [1.807, 2.05) is 0 Å². The van der Waals surface area contributed by atoms with Gasteiger partial charge in [0.25, 0.3) is 0 Å². The summed E-state index contributed by atoms with van der Waals surface area (Å²) in [5, 5.41) is 2.29. The van der Waals surface area contributed by atoms with E-state index in [2.05, 4.69) is 25.7 Å². The number of nitrogen functional groups attached to an aromatic ring is 1. The number of ether oxygens (including phenoxy) is 1. The summed E-state index contributed by atoms with van der Waals surface area (Å²) >= 11 is 0. The number of hydrogen-bond acceptors (Lipinski definition) is 7. The predicted molar refractivity (Wildman–Crippen MR) is 68.4 cm³/mol. The number of nitrogens with two attached hydrogens (primary N) is 1. The summed E-state index contributed by atoms with van der Waals surface area (Å²) in [6.07, 6.45) is 0. The molecule has 1 aromatic carbocycles. The first-order valence-corrected chi connectivity index (χ1v) is 5.80. The second-order valence-corrected chi connectivity index (χ2v) is 3.71. The number of hydrogen-bond donors (Lipinski definition) is 3. The van der Waals surface area contributed by atoms with Gasteiger partial charge in [-0.2, -0.15) is 15.0 Å². The largest absolute Gasteiger partial charge is 0.464 e. The average molecular weight is 300 g/mol. The lowest BCUT2D eigenvalue weighted by Gasteiger charge is -2.10. The number of anilines is 3. The number of halogens is 3. The van der Waals surface area contributed by atoms with Gasteiger partial charge in [0.1, 0.15) is 11.5 Å². The predicted octanol–water partition coefficient (Wildman–Crippen LogP) is 1.72. The van der Waals surface area contributed by atoms with E-state index in [9.17, 15) is 13.2 Å². The van der Waals surface area contributed by atoms with Gasteiger partial charge >= 0.3 is 6.01 Å². The second kappa shape index (κ2) is 6.22. The fourth-order valence-corrected chi connectivity index (χ4v) is 1.44. The Hall–Kier alpha value is -2.62. The number of benzene rings is 1. The molecule has 0 aliphatic rings. The van der Waals surface area contributed by atoms with Gasteiger partial charge in [-0.05, 0) is 6.92 Å². The van der Waals surface area contributed by atoms with Crippen molar-refractivity contribution in [2.24, 2.45) is 5.84 Å². The molecular formula is C11H11F3N6O. The van der Waals surface area contributed by atoms with Crippen molar-refractivity contribution in [2.45, 2.75) is 6.92 Å². The molecule has 1 heterocycles. The molecule has 0 unspecified atom stereocenters. The zero-order valence-corrected chi connectivity index (χ0v) is 10.8. The Balaban J connectivity index is 2.37. The molecule has 21 heavy (non-hydrogen) atoms. The number of hydrazine groups is 1. The molecule has 2 rings (SSSR count). The van der Waals surface area contributed by atoms with E-state index in [0.717, 1.165) is 0 Å². The van der Waals surface area contributed by atoms with Crippen LogP contribution in [0.4, 0.5) is 30.8 Å². The molecule has 4 N–H and O–H groups in total. The molecule has 10 heteroatoms. The van der Waals surface area contributed by atoms with E-state index in [1.165, 1.54) is 0 Å². The number of aromatic nitrogens is 3. The van der Waals surface area contributed by atoms with Crippen LogP contribution in [0, 0.1) is 17.5 Å². The molecular weight excluding hydrogens is 289 g/mol. The zero-order valence-electron chi connectivity index (χ0n) is 10.8. The highest BCUT2D eigenvalue weighted by Crippen LogP contribution is 2.23. The minimum Gasteiger partial charge on any atom is -0.464 e. The highest BCUT2D eigenvalue weighted by Gasteiger charge is 2.14. The quantitative estimate of drug-likeness (QED) is 0.571. The summed E-state index contributed by atoms with van der Waals surface area (Å²) in [5.74, 6) is 1.59. The van der Waals surface area contributed by atoms with Crippen molar-refractivity contribution in [3.05, 3.63) is 29.6 Å². The first kappa shape index (κ1) is 14.8. The monoisotopic (exact) mass is 300 g/mol. The van der Waals surface area contributed by atoms with Crippen LogP contribution in [0.25, 0.3) is 0 Å². The summed E-state index contributed by atoms with van der Waals surface area (Å²) in [6.45, 7) is 1.97. The second-order valence-electron chi connectivity index (χ2n) is 3.71. The van der Waals surface area contributed by atoms with E-state index in [4.69, 9.17) is 10.6 Å². The van der Waals surface area contributed by atoms with Crippen molar-refractivity contribution >= 4 is 17.6 Å². The third-order valence-electron chi connectivity index (χ3n) is 2.26. The zero-order chi connectivity index (χ0) is 15.4. The molecule has 0 aliphatic carbocycles. The average Bonchev–Trinajstić information content (AvgIpc) is 2.43. The number of nitrogens with zero attached hydrogens (tertiary/aromatic N) is 3. The molecule has 0 atom stereocenters. The van der Waals surface area contributed by atoms with Crippen LogP contribution in [0.3, 0.4) is 0 Å². The maximum Gasteiger partial charge on any atom is 0.323 e. The molecule has 0 saturated heterocycles. The van der Waals surface area contributed by atoms with Crippen molar-refractivity contribution < 1.29 is 17.9 Å². The molecule has 1 aromatic heterocycles. The van der Waals surface area contributed by atoms with Crippen LogP contribution in [0.2, 0.25) is 0 Å². The van der Waals surface area contributed by atoms with Crippen molar-refractivity contribution in [2.75, 3.05) is 17.3 Å². The number of nitrogens with one attached hydrogen (secondary N) is 2. The third-order valence-corrected chi connectivity index (χ3v) is 2.26. The Bertz CT molecular complexity index is 631. The fourth-order valence-electron chi connectivity index (χ4n) is 1.44. The Labute approximate surface area is 117 Å². The van der Waals surface area contributed by atoms with Gasteiger partial charge in [0.05, 0.1) is 6.61 Å². The Morgan fingerprint density at radius 1 is 1.10 bits per heavy atom. The maximum absolute atomic E-state index is 13.5. The molecule has 0 amide bonds. The topological polar surface area (TPSA) is 98.0 Å². The summed E-state index contributed by atoms with van der Waals surface area (Å²) < 4.78 is 45.0. The lowest BCUT2D eigenvalue weighted by Crippen LogP contribution is -2.14. The first-order valence-electron chi connectivity index (χ1n) is 5.80. The highest BCUT2D eigenvalue weighted by atomic mass is 19.1. The molecule has 112 valence electrons. The van der Waals surface area contributed by atoms with Gasteiger partial charge in [0, 0.05) is 12.1 Å². The smallest absolute Gasteiger partial charge is 0.323 e. The first-order chi connectivity index (χ1) is 10.0. The van der Waals surface area contributed by atoms with Gasteiger partial charge in [-0.25, -0.2) is 19.0 Å². The number of rotatable bonds is 5. The van der Waals surface area contributed by atoms with Crippen molar-refractivity contribution in [3.63, 3.8) is 0 Å². The summed E-state index contributed by atoms with van der Waals surface area (Å²) in [6, 6.07) is 0.960. The fraction of sp³-hybridized carbons (Fsp3) is 0.182. The van der Waals surface area contributed by atoms with Crippen LogP contribution in [-0.4, -0.2) is 21.6 Å². The third kappa shape index (κ3) is 3.48. The van der Waals surface area contributed by atoms with Gasteiger partial charge in [0.2, 0.25) is 11.9 Å². The van der Waals surface area contributed by atoms with Crippen LogP contribution in [0.5, 0.6) is 6.01 Å². The van der Waals surface area contributed by atoms with Crippen LogP contribution in [0.1, 0.15) is 6.92 Å². The minimum atomic E-state index is -1.13. The van der Waals surface area contributed by atoms with Crippen molar-refractivity contribution in [3.8, 4) is 6.01 Å². The van der Waals surface area contributed by atoms with E-state index >= 15 is 0 Å². The molecule has 0 saturated carbocycles. The lowest BCUT2D eigenvalue weighted by atomic mass is 10.3. The van der Waals surface area contributed by atoms with Gasteiger partial charge in [-0.15, -0.1) is 0 Å². The molecule has 0 radical (unpaired) electrons. The molecule has 0 aliphatic heterocycles. The van der Waals surface area contributed by atoms with E-state index < -0.39 is 23.1 Å². The van der Waals surface area contributed by atoms with Gasteiger partial charge in [-0.1, -0.05) is 0 Å². The SMILES string of the molecule is CCOc1nc(NN)nc(Nc2c(F)cc(F)cc2F)n1. The Kier molecular flexibility index (Phi) is 4.38. The van der Waals surface area contributed by atoms with Crippen LogP contribution < -0.4 is 21.3 Å².